The number of rotatable bonds is 1. The molecule has 0 nitrogen and oxygen atoms in total. The van der Waals surface area contributed by atoms with E-state index in [9.17, 15) is 0 Å². The minimum absolute atomic E-state index is 0.927. The van der Waals surface area contributed by atoms with Crippen molar-refractivity contribution in [2.45, 2.75) is 19.8 Å². The second-order valence-corrected chi connectivity index (χ2v) is 2.70. The van der Waals surface area contributed by atoms with Gasteiger partial charge >= 0.3 is 0 Å². The summed E-state index contributed by atoms with van der Waals surface area (Å²) in [6.07, 6.45) is 6.83. The van der Waals surface area contributed by atoms with Gasteiger partial charge in [0.25, 0.3) is 0 Å². The van der Waals surface area contributed by atoms with Crippen molar-refractivity contribution >= 4 is 12.6 Å². The second-order valence-electron chi connectivity index (χ2n) is 2.39. The van der Waals surface area contributed by atoms with Crippen LogP contribution in [0.15, 0.2) is 23.3 Å². The summed E-state index contributed by atoms with van der Waals surface area (Å²) in [5.74, 6) is 0.927. The van der Waals surface area contributed by atoms with E-state index in [1.807, 2.05) is 0 Å². The summed E-state index contributed by atoms with van der Waals surface area (Å²) in [6, 6.07) is 0. The van der Waals surface area contributed by atoms with Gasteiger partial charge in [0.2, 0.25) is 0 Å². The maximum absolute atomic E-state index is 4.23. The van der Waals surface area contributed by atoms with Crippen LogP contribution in [0.4, 0.5) is 0 Å². The SMILES string of the molecule is CC1=C(CS)CCC=C1. The summed E-state index contributed by atoms with van der Waals surface area (Å²) in [5, 5.41) is 0. The van der Waals surface area contributed by atoms with Crippen molar-refractivity contribution in [2.75, 3.05) is 5.75 Å². The molecule has 9 heavy (non-hydrogen) atoms. The van der Waals surface area contributed by atoms with Crippen LogP contribution < -0.4 is 0 Å². The largest absolute Gasteiger partial charge is 0.175 e. The van der Waals surface area contributed by atoms with Crippen molar-refractivity contribution in [3.63, 3.8) is 0 Å². The van der Waals surface area contributed by atoms with Crippen LogP contribution in [0.3, 0.4) is 0 Å². The van der Waals surface area contributed by atoms with Gasteiger partial charge in [-0.05, 0) is 19.8 Å². The first-order valence-electron chi connectivity index (χ1n) is 3.30. The molecule has 1 rings (SSSR count). The van der Waals surface area contributed by atoms with Crippen molar-refractivity contribution in [1.82, 2.24) is 0 Å². The van der Waals surface area contributed by atoms with E-state index in [-0.39, 0.29) is 0 Å². The zero-order valence-corrected chi connectivity index (χ0v) is 6.62. The fraction of sp³-hybridized carbons (Fsp3) is 0.500. The molecule has 1 heteroatoms. The van der Waals surface area contributed by atoms with Crippen LogP contribution in [-0.2, 0) is 0 Å². The lowest BCUT2D eigenvalue weighted by Crippen LogP contribution is -1.92. The fourth-order valence-corrected chi connectivity index (χ4v) is 1.44. The molecule has 0 aromatic carbocycles. The molecule has 50 valence electrons. The predicted octanol–water partition coefficient (Wildman–Crippen LogP) is 2.58. The first-order valence-corrected chi connectivity index (χ1v) is 3.94. The number of allylic oxidation sites excluding steroid dienone is 3. The van der Waals surface area contributed by atoms with Gasteiger partial charge < -0.3 is 0 Å². The Morgan fingerprint density at radius 2 is 2.44 bits per heavy atom. The molecule has 1 aliphatic carbocycles. The fourth-order valence-electron chi connectivity index (χ4n) is 1.04. The van der Waals surface area contributed by atoms with E-state index in [2.05, 4.69) is 31.7 Å². The van der Waals surface area contributed by atoms with Crippen molar-refractivity contribution in [1.29, 1.82) is 0 Å². The van der Waals surface area contributed by atoms with Crippen molar-refractivity contribution < 1.29 is 0 Å². The lowest BCUT2D eigenvalue weighted by Gasteiger charge is -2.09. The normalized spacial score (nSPS) is 18.9. The highest BCUT2D eigenvalue weighted by molar-refractivity contribution is 7.80. The van der Waals surface area contributed by atoms with E-state index in [0.29, 0.717) is 0 Å². The quantitative estimate of drug-likeness (QED) is 0.532. The molecule has 0 aromatic heterocycles. The van der Waals surface area contributed by atoms with Crippen LogP contribution in [0.25, 0.3) is 0 Å². The first-order chi connectivity index (χ1) is 4.34. The Hall–Kier alpha value is -0.170. The zero-order chi connectivity index (χ0) is 6.69. The highest BCUT2D eigenvalue weighted by Gasteiger charge is 2.00. The number of hydrogen-bond donors (Lipinski definition) is 1. The molecular formula is C8H12S. The van der Waals surface area contributed by atoms with E-state index < -0.39 is 0 Å². The Morgan fingerprint density at radius 1 is 1.67 bits per heavy atom. The average molecular weight is 140 g/mol. The van der Waals surface area contributed by atoms with Crippen molar-refractivity contribution in [2.24, 2.45) is 0 Å². The summed E-state index contributed by atoms with van der Waals surface area (Å²) in [4.78, 5) is 0. The molecule has 0 atom stereocenters. The molecule has 0 saturated carbocycles. The summed E-state index contributed by atoms with van der Waals surface area (Å²) < 4.78 is 0. The Morgan fingerprint density at radius 3 is 2.89 bits per heavy atom. The summed E-state index contributed by atoms with van der Waals surface area (Å²) in [6.45, 7) is 2.15. The molecule has 0 N–H and O–H groups in total. The maximum atomic E-state index is 4.23. The first kappa shape index (κ1) is 6.94. The Kier molecular flexibility index (Phi) is 2.40. The van der Waals surface area contributed by atoms with E-state index in [1.54, 1.807) is 0 Å². The van der Waals surface area contributed by atoms with Gasteiger partial charge in [0.05, 0.1) is 0 Å². The molecule has 0 unspecified atom stereocenters. The molecule has 0 heterocycles. The van der Waals surface area contributed by atoms with Crippen LogP contribution in [0, 0.1) is 0 Å². The molecule has 1 aliphatic rings. The standard InChI is InChI=1S/C8H12S/c1-7-4-2-3-5-8(7)6-9/h2,4,9H,3,5-6H2,1H3. The third-order valence-corrected chi connectivity index (χ3v) is 2.11. The second kappa shape index (κ2) is 3.11. The Labute approximate surface area is 62.1 Å². The third kappa shape index (κ3) is 1.62. The number of hydrogen-bond acceptors (Lipinski definition) is 1. The maximum Gasteiger partial charge on any atom is 0.0118 e. The Balaban J connectivity index is 2.72. The minimum atomic E-state index is 0.927. The van der Waals surface area contributed by atoms with Crippen LogP contribution in [0.1, 0.15) is 19.8 Å². The van der Waals surface area contributed by atoms with E-state index in [4.69, 9.17) is 0 Å². The smallest absolute Gasteiger partial charge is 0.0118 e. The van der Waals surface area contributed by atoms with Crippen molar-refractivity contribution in [3.8, 4) is 0 Å². The highest BCUT2D eigenvalue weighted by Crippen LogP contribution is 2.18. The van der Waals surface area contributed by atoms with E-state index >= 15 is 0 Å². The third-order valence-electron chi connectivity index (χ3n) is 1.73. The molecule has 0 amide bonds. The topological polar surface area (TPSA) is 0 Å². The van der Waals surface area contributed by atoms with Crippen LogP contribution >= 0.6 is 12.6 Å². The van der Waals surface area contributed by atoms with E-state index in [0.717, 1.165) is 5.75 Å². The average Bonchev–Trinajstić information content (AvgIpc) is 1.89. The lowest BCUT2D eigenvalue weighted by molar-refractivity contribution is 0.945. The molecule has 0 fully saturated rings. The number of thiol groups is 1. The molecular weight excluding hydrogens is 128 g/mol. The predicted molar refractivity (Wildman–Crippen MR) is 44.9 cm³/mol. The van der Waals surface area contributed by atoms with Gasteiger partial charge in [0.1, 0.15) is 0 Å². The van der Waals surface area contributed by atoms with Gasteiger partial charge in [-0.25, -0.2) is 0 Å². The molecule has 0 aromatic rings. The summed E-state index contributed by atoms with van der Waals surface area (Å²) >= 11 is 4.23. The summed E-state index contributed by atoms with van der Waals surface area (Å²) in [7, 11) is 0. The minimum Gasteiger partial charge on any atom is -0.175 e. The molecule has 0 aliphatic heterocycles. The van der Waals surface area contributed by atoms with Gasteiger partial charge in [0, 0.05) is 5.75 Å². The van der Waals surface area contributed by atoms with E-state index in [1.165, 1.54) is 24.0 Å². The van der Waals surface area contributed by atoms with Crippen LogP contribution in [0.5, 0.6) is 0 Å². The van der Waals surface area contributed by atoms with Crippen LogP contribution in [-0.4, -0.2) is 5.75 Å². The van der Waals surface area contributed by atoms with Gasteiger partial charge in [0.15, 0.2) is 0 Å². The van der Waals surface area contributed by atoms with Crippen LogP contribution in [0.2, 0.25) is 0 Å². The molecule has 0 spiro atoms. The lowest BCUT2D eigenvalue weighted by atomic mass is 10.0. The van der Waals surface area contributed by atoms with Gasteiger partial charge in [-0.2, -0.15) is 12.6 Å². The van der Waals surface area contributed by atoms with Gasteiger partial charge in [-0.15, -0.1) is 0 Å². The van der Waals surface area contributed by atoms with Gasteiger partial charge in [-0.3, -0.25) is 0 Å². The summed E-state index contributed by atoms with van der Waals surface area (Å²) in [5.41, 5.74) is 2.91. The Bertz CT molecular complexity index is 154. The highest BCUT2D eigenvalue weighted by atomic mass is 32.1. The molecule has 0 bridgehead atoms. The zero-order valence-electron chi connectivity index (χ0n) is 5.72. The van der Waals surface area contributed by atoms with Crippen molar-refractivity contribution in [3.05, 3.63) is 23.3 Å². The molecule has 0 radical (unpaired) electrons. The molecule has 0 saturated heterocycles. The monoisotopic (exact) mass is 140 g/mol. The van der Waals surface area contributed by atoms with Gasteiger partial charge in [-0.1, -0.05) is 23.3 Å².